The molecule has 0 aromatic rings. The minimum absolute atomic E-state index is 0.0542. The molecule has 0 radical (unpaired) electrons. The van der Waals surface area contributed by atoms with Crippen LogP contribution in [0.5, 0.6) is 0 Å². The fraction of sp³-hybridized carbons (Fsp3) is 1.00. The molecule has 1 heterocycles. The van der Waals surface area contributed by atoms with Gasteiger partial charge >= 0.3 is 0 Å². The summed E-state index contributed by atoms with van der Waals surface area (Å²) in [5.41, 5.74) is 0. The molecule has 0 aliphatic carbocycles. The number of likely N-dealkylation sites (tertiary alicyclic amines) is 1. The van der Waals surface area contributed by atoms with Gasteiger partial charge in [0, 0.05) is 24.9 Å². The van der Waals surface area contributed by atoms with E-state index >= 15 is 0 Å². The molecule has 0 amide bonds. The van der Waals surface area contributed by atoms with E-state index in [4.69, 9.17) is 0 Å². The molecule has 11 heavy (non-hydrogen) atoms. The van der Waals surface area contributed by atoms with E-state index in [1.807, 2.05) is 0 Å². The number of aliphatic hydroxyl groups excluding tert-OH is 1. The molecule has 0 aromatic heterocycles. The van der Waals surface area contributed by atoms with Crippen LogP contribution in [0.1, 0.15) is 19.8 Å². The van der Waals surface area contributed by atoms with Gasteiger partial charge in [0.15, 0.2) is 0 Å². The van der Waals surface area contributed by atoms with Gasteiger partial charge in [0.25, 0.3) is 0 Å². The Morgan fingerprint density at radius 2 is 2.09 bits per heavy atom. The summed E-state index contributed by atoms with van der Waals surface area (Å²) in [6.45, 7) is 5.22. The minimum Gasteiger partial charge on any atom is -0.393 e. The van der Waals surface area contributed by atoms with Crippen molar-refractivity contribution < 1.29 is 5.11 Å². The quantitative estimate of drug-likeness (QED) is 0.605. The lowest BCUT2D eigenvalue weighted by atomic mass is 10.1. The topological polar surface area (TPSA) is 23.5 Å². The number of piperidine rings is 1. The summed E-state index contributed by atoms with van der Waals surface area (Å²) in [7, 11) is 0. The van der Waals surface area contributed by atoms with Crippen molar-refractivity contribution >= 4 is 12.6 Å². The smallest absolute Gasteiger partial charge is 0.0564 e. The first kappa shape index (κ1) is 9.36. The molecule has 2 nitrogen and oxygen atoms in total. The zero-order valence-corrected chi connectivity index (χ0v) is 7.93. The highest BCUT2D eigenvalue weighted by molar-refractivity contribution is 7.80. The van der Waals surface area contributed by atoms with Crippen molar-refractivity contribution in [3.8, 4) is 0 Å². The second kappa shape index (κ2) is 4.33. The highest BCUT2D eigenvalue weighted by Crippen LogP contribution is 2.10. The Bertz CT molecular complexity index is 111. The van der Waals surface area contributed by atoms with E-state index in [1.165, 1.54) is 0 Å². The monoisotopic (exact) mass is 175 g/mol. The molecule has 1 saturated heterocycles. The van der Waals surface area contributed by atoms with Gasteiger partial charge in [-0.25, -0.2) is 0 Å². The molecule has 0 aromatic carbocycles. The maximum absolute atomic E-state index is 9.22. The molecular formula is C8H17NOS. The summed E-state index contributed by atoms with van der Waals surface area (Å²) in [5.74, 6) is 0. The van der Waals surface area contributed by atoms with Crippen LogP contribution >= 0.6 is 12.6 Å². The molecule has 1 aliphatic heterocycles. The number of nitrogens with zero attached hydrogens (tertiary/aromatic N) is 1. The molecule has 1 rings (SSSR count). The van der Waals surface area contributed by atoms with Crippen molar-refractivity contribution in [3.05, 3.63) is 0 Å². The molecule has 0 spiro atoms. The van der Waals surface area contributed by atoms with Crippen LogP contribution in [-0.2, 0) is 0 Å². The third-order valence-corrected chi connectivity index (χ3v) is 2.24. The Labute approximate surface area is 74.0 Å². The Kier molecular flexibility index (Phi) is 3.69. The average Bonchev–Trinajstić information content (AvgIpc) is 1.93. The average molecular weight is 175 g/mol. The molecule has 3 heteroatoms. The maximum Gasteiger partial charge on any atom is 0.0564 e. The third kappa shape index (κ3) is 3.45. The third-order valence-electron chi connectivity index (χ3n) is 2.08. The van der Waals surface area contributed by atoms with Gasteiger partial charge < -0.3 is 10.0 Å². The normalized spacial score (nSPS) is 25.4. The number of hydrogen-bond acceptors (Lipinski definition) is 3. The molecule has 66 valence electrons. The number of hydrogen-bond donors (Lipinski definition) is 2. The van der Waals surface area contributed by atoms with E-state index in [9.17, 15) is 5.11 Å². The van der Waals surface area contributed by atoms with Crippen LogP contribution in [-0.4, -0.2) is 41.0 Å². The van der Waals surface area contributed by atoms with Crippen LogP contribution < -0.4 is 0 Å². The van der Waals surface area contributed by atoms with Crippen LogP contribution in [0, 0.1) is 0 Å². The SMILES string of the molecule is CC(S)CN1CCC(O)CC1. The zero-order chi connectivity index (χ0) is 8.27. The van der Waals surface area contributed by atoms with Crippen LogP contribution in [0.3, 0.4) is 0 Å². The van der Waals surface area contributed by atoms with Gasteiger partial charge in [-0.05, 0) is 12.8 Å². The van der Waals surface area contributed by atoms with Gasteiger partial charge in [-0.1, -0.05) is 6.92 Å². The number of aliphatic hydroxyl groups is 1. The fourth-order valence-corrected chi connectivity index (χ4v) is 1.71. The second-order valence-electron chi connectivity index (χ2n) is 3.38. The van der Waals surface area contributed by atoms with Crippen LogP contribution in [0.15, 0.2) is 0 Å². The Morgan fingerprint density at radius 3 is 2.55 bits per heavy atom. The molecule has 1 fully saturated rings. The molecule has 1 aliphatic rings. The summed E-state index contributed by atoms with van der Waals surface area (Å²) in [6, 6.07) is 0. The van der Waals surface area contributed by atoms with E-state index in [0.29, 0.717) is 5.25 Å². The molecule has 0 bridgehead atoms. The number of rotatable bonds is 2. The predicted molar refractivity (Wildman–Crippen MR) is 50.1 cm³/mol. The van der Waals surface area contributed by atoms with Crippen molar-refractivity contribution in [1.82, 2.24) is 4.90 Å². The molecule has 1 unspecified atom stereocenters. The van der Waals surface area contributed by atoms with Crippen molar-refractivity contribution in [2.45, 2.75) is 31.1 Å². The second-order valence-corrected chi connectivity index (χ2v) is 4.26. The van der Waals surface area contributed by atoms with E-state index in [1.54, 1.807) is 0 Å². The summed E-state index contributed by atoms with van der Waals surface area (Å²) in [6.07, 6.45) is 1.81. The molecule has 0 saturated carbocycles. The van der Waals surface area contributed by atoms with Gasteiger partial charge in [0.2, 0.25) is 0 Å². The van der Waals surface area contributed by atoms with Crippen molar-refractivity contribution in [2.24, 2.45) is 0 Å². The first-order valence-corrected chi connectivity index (χ1v) is 4.78. The van der Waals surface area contributed by atoms with Gasteiger partial charge in [0.05, 0.1) is 6.10 Å². The summed E-state index contributed by atoms with van der Waals surface area (Å²) >= 11 is 4.33. The predicted octanol–water partition coefficient (Wildman–Crippen LogP) is 0.761. The van der Waals surface area contributed by atoms with Gasteiger partial charge in [-0.3, -0.25) is 0 Å². The van der Waals surface area contributed by atoms with Gasteiger partial charge in [0.1, 0.15) is 0 Å². The van der Waals surface area contributed by atoms with E-state index in [-0.39, 0.29) is 6.10 Å². The zero-order valence-electron chi connectivity index (χ0n) is 7.03. The van der Waals surface area contributed by atoms with E-state index in [0.717, 1.165) is 32.5 Å². The first-order valence-electron chi connectivity index (χ1n) is 4.27. The van der Waals surface area contributed by atoms with E-state index < -0.39 is 0 Å². The Morgan fingerprint density at radius 1 is 1.55 bits per heavy atom. The van der Waals surface area contributed by atoms with Gasteiger partial charge in [-0.15, -0.1) is 0 Å². The fourth-order valence-electron chi connectivity index (χ4n) is 1.48. The lowest BCUT2D eigenvalue weighted by Crippen LogP contribution is -2.38. The largest absolute Gasteiger partial charge is 0.393 e. The van der Waals surface area contributed by atoms with Crippen LogP contribution in [0.4, 0.5) is 0 Å². The highest BCUT2D eigenvalue weighted by atomic mass is 32.1. The number of thiol groups is 1. The molecular weight excluding hydrogens is 158 g/mol. The first-order chi connectivity index (χ1) is 5.18. The van der Waals surface area contributed by atoms with Gasteiger partial charge in [-0.2, -0.15) is 12.6 Å². The van der Waals surface area contributed by atoms with Crippen molar-refractivity contribution in [2.75, 3.05) is 19.6 Å². The lowest BCUT2D eigenvalue weighted by molar-refractivity contribution is 0.0834. The Balaban J connectivity index is 2.17. The van der Waals surface area contributed by atoms with Crippen molar-refractivity contribution in [3.63, 3.8) is 0 Å². The maximum atomic E-state index is 9.22. The Hall–Kier alpha value is 0.270. The van der Waals surface area contributed by atoms with Crippen LogP contribution in [0.25, 0.3) is 0 Å². The lowest BCUT2D eigenvalue weighted by Gasteiger charge is -2.30. The molecule has 1 atom stereocenters. The summed E-state index contributed by atoms with van der Waals surface area (Å²) < 4.78 is 0. The highest BCUT2D eigenvalue weighted by Gasteiger charge is 2.16. The summed E-state index contributed by atoms with van der Waals surface area (Å²) in [5, 5.41) is 9.66. The standard InChI is InChI=1S/C8H17NOS/c1-7(11)6-9-4-2-8(10)3-5-9/h7-8,10-11H,2-6H2,1H3. The van der Waals surface area contributed by atoms with E-state index in [2.05, 4.69) is 24.5 Å². The molecule has 1 N–H and O–H groups in total. The summed E-state index contributed by atoms with van der Waals surface area (Å²) in [4.78, 5) is 2.37. The minimum atomic E-state index is -0.0542. The van der Waals surface area contributed by atoms with Crippen molar-refractivity contribution in [1.29, 1.82) is 0 Å². The van der Waals surface area contributed by atoms with Crippen LogP contribution in [0.2, 0.25) is 0 Å².